The van der Waals surface area contributed by atoms with E-state index in [9.17, 15) is 4.79 Å². The van der Waals surface area contributed by atoms with Crippen LogP contribution in [0.5, 0.6) is 0 Å². The van der Waals surface area contributed by atoms with E-state index in [0.717, 1.165) is 35.0 Å². The maximum atomic E-state index is 12.0. The molecule has 0 spiro atoms. The summed E-state index contributed by atoms with van der Waals surface area (Å²) in [4.78, 5) is 12.0. The molecule has 1 aromatic carbocycles. The lowest BCUT2D eigenvalue weighted by atomic mass is 10.1. The van der Waals surface area contributed by atoms with Gasteiger partial charge in [-0.2, -0.15) is 0 Å². The molecule has 1 aromatic rings. The van der Waals surface area contributed by atoms with Crippen molar-refractivity contribution >= 4 is 39.9 Å². The average molecular weight is 334 g/mol. The molecule has 2 unspecified atom stereocenters. The third kappa shape index (κ3) is 3.70. The third-order valence-electron chi connectivity index (χ3n) is 3.30. The number of halogens is 2. The largest absolute Gasteiger partial charge is 0.328 e. The highest BCUT2D eigenvalue weighted by Gasteiger charge is 2.27. The molecule has 1 fully saturated rings. The van der Waals surface area contributed by atoms with E-state index in [2.05, 4.69) is 21.2 Å². The normalized spacial score (nSPS) is 22.4. The molecule has 0 aliphatic heterocycles. The minimum atomic E-state index is 0. The molecule has 0 bridgehead atoms. The molecular formula is C13H18BrClN2O. The molecule has 5 heteroatoms. The van der Waals surface area contributed by atoms with Crippen LogP contribution in [-0.2, 0) is 4.79 Å². The van der Waals surface area contributed by atoms with Gasteiger partial charge in [-0.25, -0.2) is 0 Å². The SMILES string of the molecule is Cc1ccc(Br)cc1NC(=O)C1CCC(N)C1.Cl. The molecule has 0 heterocycles. The number of hydrogen-bond acceptors (Lipinski definition) is 2. The van der Waals surface area contributed by atoms with E-state index in [1.165, 1.54) is 0 Å². The van der Waals surface area contributed by atoms with Gasteiger partial charge in [0.15, 0.2) is 0 Å². The van der Waals surface area contributed by atoms with Crippen LogP contribution >= 0.6 is 28.3 Å². The summed E-state index contributed by atoms with van der Waals surface area (Å²) in [5, 5.41) is 2.99. The highest BCUT2D eigenvalue weighted by atomic mass is 79.9. The summed E-state index contributed by atoms with van der Waals surface area (Å²) in [6.07, 6.45) is 2.66. The van der Waals surface area contributed by atoms with Crippen molar-refractivity contribution in [3.63, 3.8) is 0 Å². The van der Waals surface area contributed by atoms with Crippen LogP contribution < -0.4 is 11.1 Å². The maximum absolute atomic E-state index is 12.0. The number of amides is 1. The van der Waals surface area contributed by atoms with Gasteiger partial charge in [0.2, 0.25) is 5.91 Å². The molecule has 18 heavy (non-hydrogen) atoms. The van der Waals surface area contributed by atoms with Crippen LogP contribution in [0.2, 0.25) is 0 Å². The van der Waals surface area contributed by atoms with Crippen LogP contribution in [0.3, 0.4) is 0 Å². The molecule has 0 aromatic heterocycles. The standard InChI is InChI=1S/C13H17BrN2O.ClH/c1-8-2-4-10(14)7-12(8)16-13(17)9-3-5-11(15)6-9;/h2,4,7,9,11H,3,5-6,15H2,1H3,(H,16,17);1H. The molecule has 0 radical (unpaired) electrons. The zero-order chi connectivity index (χ0) is 12.4. The van der Waals surface area contributed by atoms with Crippen molar-refractivity contribution in [2.24, 2.45) is 11.7 Å². The first-order valence-electron chi connectivity index (χ1n) is 5.89. The van der Waals surface area contributed by atoms with Crippen molar-refractivity contribution in [2.45, 2.75) is 32.2 Å². The molecule has 1 saturated carbocycles. The van der Waals surface area contributed by atoms with Crippen LogP contribution in [0.4, 0.5) is 5.69 Å². The average Bonchev–Trinajstić information content (AvgIpc) is 2.70. The first kappa shape index (κ1) is 15.5. The number of anilines is 1. The number of carbonyl (C=O) groups is 1. The van der Waals surface area contributed by atoms with Crippen molar-refractivity contribution in [2.75, 3.05) is 5.32 Å². The van der Waals surface area contributed by atoms with Crippen LogP contribution in [-0.4, -0.2) is 11.9 Å². The number of rotatable bonds is 2. The van der Waals surface area contributed by atoms with Gasteiger partial charge in [-0.05, 0) is 43.9 Å². The summed E-state index contributed by atoms with van der Waals surface area (Å²) >= 11 is 3.41. The van der Waals surface area contributed by atoms with Crippen molar-refractivity contribution in [3.8, 4) is 0 Å². The van der Waals surface area contributed by atoms with Gasteiger partial charge in [-0.3, -0.25) is 4.79 Å². The lowest BCUT2D eigenvalue weighted by Gasteiger charge is -2.13. The zero-order valence-electron chi connectivity index (χ0n) is 10.3. The monoisotopic (exact) mass is 332 g/mol. The summed E-state index contributed by atoms with van der Waals surface area (Å²) in [5.41, 5.74) is 7.78. The summed E-state index contributed by atoms with van der Waals surface area (Å²) in [7, 11) is 0. The Morgan fingerprint density at radius 1 is 1.44 bits per heavy atom. The van der Waals surface area contributed by atoms with Gasteiger partial charge in [0.05, 0.1) is 0 Å². The summed E-state index contributed by atoms with van der Waals surface area (Å²) in [6, 6.07) is 6.08. The van der Waals surface area contributed by atoms with Crippen molar-refractivity contribution in [1.82, 2.24) is 0 Å². The Morgan fingerprint density at radius 2 is 2.17 bits per heavy atom. The summed E-state index contributed by atoms with van der Waals surface area (Å²) in [6.45, 7) is 1.99. The molecule has 100 valence electrons. The topological polar surface area (TPSA) is 55.1 Å². The minimum Gasteiger partial charge on any atom is -0.328 e. The second-order valence-electron chi connectivity index (χ2n) is 4.72. The number of aryl methyl sites for hydroxylation is 1. The second kappa shape index (κ2) is 6.55. The molecule has 0 saturated heterocycles. The molecule has 1 amide bonds. The molecule has 3 N–H and O–H groups in total. The smallest absolute Gasteiger partial charge is 0.227 e. The van der Waals surface area contributed by atoms with E-state index >= 15 is 0 Å². The minimum absolute atomic E-state index is 0. The molecular weight excluding hydrogens is 316 g/mol. The van der Waals surface area contributed by atoms with Gasteiger partial charge in [0.25, 0.3) is 0 Å². The Labute approximate surface area is 122 Å². The van der Waals surface area contributed by atoms with Crippen molar-refractivity contribution < 1.29 is 4.79 Å². The van der Waals surface area contributed by atoms with Gasteiger partial charge in [0.1, 0.15) is 0 Å². The fourth-order valence-corrected chi connectivity index (χ4v) is 2.58. The summed E-state index contributed by atoms with van der Waals surface area (Å²) in [5.74, 6) is 0.169. The van der Waals surface area contributed by atoms with E-state index in [1.54, 1.807) is 0 Å². The molecule has 2 atom stereocenters. The zero-order valence-corrected chi connectivity index (χ0v) is 12.7. The lowest BCUT2D eigenvalue weighted by molar-refractivity contribution is -0.119. The van der Waals surface area contributed by atoms with E-state index in [1.807, 2.05) is 25.1 Å². The molecule has 1 aliphatic rings. The predicted molar refractivity (Wildman–Crippen MR) is 80.1 cm³/mol. The van der Waals surface area contributed by atoms with Crippen LogP contribution in [0.15, 0.2) is 22.7 Å². The highest BCUT2D eigenvalue weighted by molar-refractivity contribution is 9.10. The van der Waals surface area contributed by atoms with Gasteiger partial charge in [-0.15, -0.1) is 12.4 Å². The van der Waals surface area contributed by atoms with Crippen LogP contribution in [0.1, 0.15) is 24.8 Å². The third-order valence-corrected chi connectivity index (χ3v) is 3.79. The number of nitrogens with one attached hydrogen (secondary N) is 1. The Morgan fingerprint density at radius 3 is 2.78 bits per heavy atom. The van der Waals surface area contributed by atoms with Gasteiger partial charge < -0.3 is 11.1 Å². The Hall–Kier alpha value is -0.580. The van der Waals surface area contributed by atoms with Crippen molar-refractivity contribution in [3.05, 3.63) is 28.2 Å². The Kier molecular flexibility index (Phi) is 5.63. The van der Waals surface area contributed by atoms with E-state index < -0.39 is 0 Å². The van der Waals surface area contributed by atoms with Crippen molar-refractivity contribution in [1.29, 1.82) is 0 Å². The predicted octanol–water partition coefficient (Wildman–Crippen LogP) is 3.25. The molecule has 1 aliphatic carbocycles. The van der Waals surface area contributed by atoms with E-state index in [0.29, 0.717) is 0 Å². The van der Waals surface area contributed by atoms with Gasteiger partial charge >= 0.3 is 0 Å². The first-order chi connectivity index (χ1) is 8.06. The van der Waals surface area contributed by atoms with E-state index in [-0.39, 0.29) is 30.3 Å². The number of carbonyl (C=O) groups excluding carboxylic acids is 1. The maximum Gasteiger partial charge on any atom is 0.227 e. The van der Waals surface area contributed by atoms with Gasteiger partial charge in [0, 0.05) is 22.1 Å². The fourth-order valence-electron chi connectivity index (χ4n) is 2.22. The van der Waals surface area contributed by atoms with E-state index in [4.69, 9.17) is 5.73 Å². The van der Waals surface area contributed by atoms with Crippen LogP contribution in [0, 0.1) is 12.8 Å². The Balaban J connectivity index is 0.00000162. The molecule has 3 nitrogen and oxygen atoms in total. The molecule has 2 rings (SSSR count). The quantitative estimate of drug-likeness (QED) is 0.873. The number of hydrogen-bond donors (Lipinski definition) is 2. The second-order valence-corrected chi connectivity index (χ2v) is 5.63. The Bertz CT molecular complexity index is 439. The number of nitrogens with two attached hydrogens (primary N) is 1. The highest BCUT2D eigenvalue weighted by Crippen LogP contribution is 2.27. The van der Waals surface area contributed by atoms with Crippen LogP contribution in [0.25, 0.3) is 0 Å². The lowest BCUT2D eigenvalue weighted by Crippen LogP contribution is -2.23. The number of benzene rings is 1. The van der Waals surface area contributed by atoms with Gasteiger partial charge in [-0.1, -0.05) is 22.0 Å². The first-order valence-corrected chi connectivity index (χ1v) is 6.68. The summed E-state index contributed by atoms with van der Waals surface area (Å²) < 4.78 is 0.974. The fraction of sp³-hybridized carbons (Fsp3) is 0.462.